The van der Waals surface area contributed by atoms with Gasteiger partial charge in [0.25, 0.3) is 0 Å². The average Bonchev–Trinajstić information content (AvgIpc) is 3.49. The van der Waals surface area contributed by atoms with Gasteiger partial charge in [-0.25, -0.2) is 0 Å². The van der Waals surface area contributed by atoms with Crippen molar-refractivity contribution in [3.8, 4) is 0 Å². The molecular weight excluding hydrogens is 1020 g/mol. The number of hydrogen-bond donors (Lipinski definition) is 0. The lowest BCUT2D eigenvalue weighted by Gasteiger charge is -2.18. The van der Waals surface area contributed by atoms with Crippen LogP contribution < -0.4 is 0 Å². The van der Waals surface area contributed by atoms with E-state index in [1.165, 1.54) is 238 Å². The Morgan fingerprint density at radius 1 is 0.253 bits per heavy atom. The molecule has 482 valence electrons. The highest BCUT2D eigenvalue weighted by Gasteiger charge is 2.19. The van der Waals surface area contributed by atoms with E-state index in [9.17, 15) is 14.4 Å². The minimum absolute atomic E-state index is 0.0765. The Hall–Kier alpha value is -3.15. The maximum atomic E-state index is 13.0. The number of allylic oxidation sites excluding steroid dienone is 12. The quantitative estimate of drug-likeness (QED) is 0.0261. The van der Waals surface area contributed by atoms with Gasteiger partial charge in [0.15, 0.2) is 6.10 Å². The summed E-state index contributed by atoms with van der Waals surface area (Å²) in [5.41, 5.74) is 0. The lowest BCUT2D eigenvalue weighted by Crippen LogP contribution is -2.30. The SMILES string of the molecule is CC/C=C\C/C=C\C/C=C\C/C=C\C/C=C\CCCCCCCCCCCC(=O)OC(COC(=O)CCCCCCC/C=C\CCCCCC)COC(=O)CCCCCCCCCCCCCCCCCCCCCCCCCCCCC. The molecular formula is C77H138O6. The third kappa shape index (κ3) is 69.5. The Morgan fingerprint density at radius 2 is 0.470 bits per heavy atom. The van der Waals surface area contributed by atoms with Crippen molar-refractivity contribution in [2.24, 2.45) is 0 Å². The van der Waals surface area contributed by atoms with Crippen molar-refractivity contribution in [3.63, 3.8) is 0 Å². The zero-order valence-corrected chi connectivity index (χ0v) is 55.5. The van der Waals surface area contributed by atoms with Gasteiger partial charge in [-0.3, -0.25) is 14.4 Å². The average molecular weight is 1160 g/mol. The minimum atomic E-state index is -0.783. The fourth-order valence-electron chi connectivity index (χ4n) is 10.8. The summed E-state index contributed by atoms with van der Waals surface area (Å²) < 4.78 is 17.0. The molecule has 0 saturated carbocycles. The van der Waals surface area contributed by atoms with E-state index in [-0.39, 0.29) is 31.1 Å². The van der Waals surface area contributed by atoms with Crippen molar-refractivity contribution in [1.82, 2.24) is 0 Å². The zero-order valence-electron chi connectivity index (χ0n) is 55.5. The lowest BCUT2D eigenvalue weighted by molar-refractivity contribution is -0.167. The first-order valence-electron chi connectivity index (χ1n) is 36.4. The first-order chi connectivity index (χ1) is 41.0. The van der Waals surface area contributed by atoms with Crippen molar-refractivity contribution in [3.05, 3.63) is 72.9 Å². The molecule has 0 heterocycles. The largest absolute Gasteiger partial charge is 0.462 e. The van der Waals surface area contributed by atoms with Gasteiger partial charge in [-0.15, -0.1) is 0 Å². The molecule has 0 aromatic carbocycles. The minimum Gasteiger partial charge on any atom is -0.462 e. The molecule has 83 heavy (non-hydrogen) atoms. The second-order valence-corrected chi connectivity index (χ2v) is 24.5. The van der Waals surface area contributed by atoms with E-state index in [1.807, 2.05) is 0 Å². The standard InChI is InChI=1S/C77H138O6/c1-4-7-10-13-16-19-22-25-27-29-31-33-35-37-38-40-41-43-45-47-49-52-55-58-61-64-67-70-76(79)82-73-74(72-81-75(78)69-66-63-60-57-54-51-24-21-18-15-12-9-6-3)83-77(80)71-68-65-62-59-56-53-50-48-46-44-42-39-36-34-32-30-28-26-23-20-17-14-11-8-5-2/h8,11,17,20-21,24,26,28,32,34,39,42,74H,4-7,9-10,12-16,18-19,22-23,25,27,29-31,33,35-38,40-41,43-73H2,1-3H3/b11-8-,20-17-,24-21-,28-26-,34-32-,42-39-. The van der Waals surface area contributed by atoms with Gasteiger partial charge in [-0.1, -0.05) is 344 Å². The summed E-state index contributed by atoms with van der Waals surface area (Å²) in [5, 5.41) is 0. The van der Waals surface area contributed by atoms with Crippen molar-refractivity contribution in [1.29, 1.82) is 0 Å². The molecule has 0 N–H and O–H groups in total. The lowest BCUT2D eigenvalue weighted by atomic mass is 10.0. The number of hydrogen-bond acceptors (Lipinski definition) is 6. The third-order valence-corrected chi connectivity index (χ3v) is 16.2. The van der Waals surface area contributed by atoms with Crippen LogP contribution in [0, 0.1) is 0 Å². The number of ether oxygens (including phenoxy) is 3. The van der Waals surface area contributed by atoms with Crippen LogP contribution >= 0.6 is 0 Å². The molecule has 0 saturated heterocycles. The van der Waals surface area contributed by atoms with Crippen LogP contribution in [-0.2, 0) is 28.6 Å². The van der Waals surface area contributed by atoms with Gasteiger partial charge in [-0.05, 0) is 89.9 Å². The van der Waals surface area contributed by atoms with E-state index in [4.69, 9.17) is 14.2 Å². The highest BCUT2D eigenvalue weighted by molar-refractivity contribution is 5.71. The Balaban J connectivity index is 4.24. The highest BCUT2D eigenvalue weighted by Crippen LogP contribution is 2.18. The van der Waals surface area contributed by atoms with E-state index in [0.717, 1.165) is 103 Å². The predicted molar refractivity (Wildman–Crippen MR) is 362 cm³/mol. The molecule has 0 aliphatic carbocycles. The smallest absolute Gasteiger partial charge is 0.306 e. The Kier molecular flexibility index (Phi) is 68.6. The summed E-state index contributed by atoms with van der Waals surface area (Å²) in [6.45, 7) is 6.56. The number of rotatable bonds is 67. The van der Waals surface area contributed by atoms with Crippen LogP contribution in [0.4, 0.5) is 0 Å². The van der Waals surface area contributed by atoms with Crippen LogP contribution in [0.25, 0.3) is 0 Å². The van der Waals surface area contributed by atoms with Crippen molar-refractivity contribution < 1.29 is 28.6 Å². The van der Waals surface area contributed by atoms with Crippen LogP contribution in [0.15, 0.2) is 72.9 Å². The van der Waals surface area contributed by atoms with Gasteiger partial charge >= 0.3 is 17.9 Å². The zero-order chi connectivity index (χ0) is 59.9. The van der Waals surface area contributed by atoms with Crippen LogP contribution in [0.3, 0.4) is 0 Å². The van der Waals surface area contributed by atoms with Crippen LogP contribution in [0.1, 0.15) is 380 Å². The molecule has 6 heteroatoms. The molecule has 0 radical (unpaired) electrons. The maximum absolute atomic E-state index is 13.0. The molecule has 0 bridgehead atoms. The topological polar surface area (TPSA) is 78.9 Å². The molecule has 6 nitrogen and oxygen atoms in total. The molecule has 1 atom stereocenters. The van der Waals surface area contributed by atoms with E-state index < -0.39 is 6.10 Å². The van der Waals surface area contributed by atoms with Crippen LogP contribution in [-0.4, -0.2) is 37.2 Å². The number of esters is 3. The maximum Gasteiger partial charge on any atom is 0.306 e. The normalized spacial score (nSPS) is 12.5. The van der Waals surface area contributed by atoms with Gasteiger partial charge < -0.3 is 14.2 Å². The Bertz CT molecular complexity index is 1520. The van der Waals surface area contributed by atoms with E-state index in [2.05, 4.69) is 93.7 Å². The van der Waals surface area contributed by atoms with Crippen molar-refractivity contribution in [2.45, 2.75) is 386 Å². The molecule has 0 spiro atoms. The molecule has 0 rings (SSSR count). The fraction of sp³-hybridized carbons (Fsp3) is 0.805. The second-order valence-electron chi connectivity index (χ2n) is 24.5. The van der Waals surface area contributed by atoms with Gasteiger partial charge in [0.05, 0.1) is 0 Å². The summed E-state index contributed by atoms with van der Waals surface area (Å²) >= 11 is 0. The van der Waals surface area contributed by atoms with Crippen LogP contribution in [0.5, 0.6) is 0 Å². The molecule has 0 fully saturated rings. The number of carbonyl (C=O) groups excluding carboxylic acids is 3. The molecule has 1 unspecified atom stereocenters. The summed E-state index contributed by atoms with van der Waals surface area (Å²) in [6.07, 6.45) is 93.7. The summed E-state index contributed by atoms with van der Waals surface area (Å²) in [7, 11) is 0. The van der Waals surface area contributed by atoms with Gasteiger partial charge in [0.1, 0.15) is 13.2 Å². The van der Waals surface area contributed by atoms with Crippen molar-refractivity contribution in [2.75, 3.05) is 13.2 Å². The number of unbranched alkanes of at least 4 members (excludes halogenated alkanes) is 44. The van der Waals surface area contributed by atoms with Crippen molar-refractivity contribution >= 4 is 17.9 Å². The third-order valence-electron chi connectivity index (χ3n) is 16.2. The summed E-state index contributed by atoms with van der Waals surface area (Å²) in [4.78, 5) is 38.5. The predicted octanol–water partition coefficient (Wildman–Crippen LogP) is 25.2. The summed E-state index contributed by atoms with van der Waals surface area (Å²) in [5.74, 6) is -0.870. The molecule has 0 aliphatic heterocycles. The monoisotopic (exact) mass is 1160 g/mol. The Morgan fingerprint density at radius 3 is 0.759 bits per heavy atom. The van der Waals surface area contributed by atoms with E-state index >= 15 is 0 Å². The fourth-order valence-corrected chi connectivity index (χ4v) is 10.8. The molecule has 0 aromatic rings. The highest BCUT2D eigenvalue weighted by atomic mass is 16.6. The first kappa shape index (κ1) is 79.8. The van der Waals surface area contributed by atoms with Gasteiger partial charge in [0, 0.05) is 19.3 Å². The van der Waals surface area contributed by atoms with E-state index in [0.29, 0.717) is 19.3 Å². The van der Waals surface area contributed by atoms with E-state index in [1.54, 1.807) is 0 Å². The molecule has 0 amide bonds. The summed E-state index contributed by atoms with van der Waals surface area (Å²) in [6, 6.07) is 0. The van der Waals surface area contributed by atoms with Gasteiger partial charge in [0.2, 0.25) is 0 Å². The molecule has 0 aliphatic rings. The Labute approximate surface area is 516 Å². The van der Waals surface area contributed by atoms with Crippen LogP contribution in [0.2, 0.25) is 0 Å². The number of carbonyl (C=O) groups is 3. The second kappa shape index (κ2) is 71.3. The van der Waals surface area contributed by atoms with Gasteiger partial charge in [-0.2, -0.15) is 0 Å². The molecule has 0 aromatic heterocycles. The first-order valence-corrected chi connectivity index (χ1v) is 36.4.